The van der Waals surface area contributed by atoms with Gasteiger partial charge in [-0.3, -0.25) is 0 Å². The molecule has 0 saturated carbocycles. The number of fused-ring (bicyclic) bond motifs is 8. The molecule has 5 aromatic rings. The van der Waals surface area contributed by atoms with Gasteiger partial charge in [-0.1, -0.05) is 71.8 Å². The summed E-state index contributed by atoms with van der Waals surface area (Å²) in [5.41, 5.74) is 5.02. The van der Waals surface area contributed by atoms with Crippen molar-refractivity contribution < 1.29 is 32.1 Å². The highest BCUT2D eigenvalue weighted by Gasteiger charge is 2.48. The van der Waals surface area contributed by atoms with E-state index in [0.29, 0.717) is 33.9 Å². The van der Waals surface area contributed by atoms with Crippen molar-refractivity contribution in [1.29, 1.82) is 0 Å². The lowest BCUT2D eigenvalue weighted by Gasteiger charge is -2.39. The van der Waals surface area contributed by atoms with Crippen LogP contribution in [0.1, 0.15) is 45.9 Å². The van der Waals surface area contributed by atoms with Crippen LogP contribution < -0.4 is 14.2 Å². The number of aryl methyl sites for hydroxylation is 2. The van der Waals surface area contributed by atoms with Gasteiger partial charge in [0, 0.05) is 27.6 Å². The lowest BCUT2D eigenvalue weighted by molar-refractivity contribution is -0.197. The summed E-state index contributed by atoms with van der Waals surface area (Å²) in [6.07, 6.45) is -0.533. The van der Waals surface area contributed by atoms with Gasteiger partial charge in [-0.2, -0.15) is 13.2 Å². The summed E-state index contributed by atoms with van der Waals surface area (Å²) in [7, 11) is 3.24. The molecule has 0 N–H and O–H groups in total. The molecule has 234 valence electrons. The summed E-state index contributed by atoms with van der Waals surface area (Å²) in [6, 6.07) is 27.5. The smallest absolute Gasteiger partial charge is 0.411 e. The Labute approximate surface area is 266 Å². The predicted octanol–water partition coefficient (Wildman–Crippen LogP) is 9.65. The molecule has 46 heavy (non-hydrogen) atoms. The first-order chi connectivity index (χ1) is 22.0. The molecule has 5 aromatic carbocycles. The molecule has 0 fully saturated rings. The molecule has 1 atom stereocenters. The molecule has 1 unspecified atom stereocenters. The molecule has 0 radical (unpaired) electrons. The molecule has 2 aliphatic rings. The minimum absolute atomic E-state index is 0.581. The second-order valence-electron chi connectivity index (χ2n) is 12.2. The van der Waals surface area contributed by atoms with Crippen molar-refractivity contribution in [2.45, 2.75) is 38.1 Å². The molecule has 7 heteroatoms. The van der Waals surface area contributed by atoms with Gasteiger partial charge in [0.15, 0.2) is 5.60 Å². The number of benzene rings is 5. The fraction of sp³-hybridized carbons (Fsp3) is 0.231. The number of hydrogen-bond acceptors (Lipinski definition) is 4. The van der Waals surface area contributed by atoms with Crippen molar-refractivity contribution in [2.75, 3.05) is 20.8 Å². The maximum absolute atomic E-state index is 13.8. The molecule has 0 saturated heterocycles. The highest BCUT2D eigenvalue weighted by atomic mass is 19.4. The molecule has 1 aliphatic carbocycles. The fourth-order valence-electron chi connectivity index (χ4n) is 6.97. The zero-order chi connectivity index (χ0) is 32.4. The molecule has 0 bridgehead atoms. The van der Waals surface area contributed by atoms with Crippen molar-refractivity contribution in [2.24, 2.45) is 0 Å². The van der Waals surface area contributed by atoms with Gasteiger partial charge in [-0.05, 0) is 79.3 Å². The van der Waals surface area contributed by atoms with Crippen molar-refractivity contribution in [3.8, 4) is 28.4 Å². The Kier molecular flexibility index (Phi) is 6.94. The molecule has 0 amide bonds. The number of rotatable bonds is 6. The standard InChI is InChI=1S/C39H33F3O4/c1-23-6-16-29-32(20-23)36-31(35-34(29)30-17-7-24(2)21-33(30)37(35,3)45-22-39(40,41)42)18-19-38(46-36,25-8-12-27(43-4)13-9-25)26-10-14-28(44-5)15-11-26/h6-21H,22H2,1-5H3. The van der Waals surface area contributed by atoms with Gasteiger partial charge in [0.05, 0.1) is 14.2 Å². The average molecular weight is 623 g/mol. The van der Waals surface area contributed by atoms with E-state index in [1.807, 2.05) is 105 Å². The molecule has 1 aliphatic heterocycles. The van der Waals surface area contributed by atoms with E-state index in [9.17, 15) is 13.2 Å². The maximum Gasteiger partial charge on any atom is 0.411 e. The first kappa shape index (κ1) is 29.9. The first-order valence-corrected chi connectivity index (χ1v) is 15.1. The number of ether oxygens (including phenoxy) is 4. The highest BCUT2D eigenvalue weighted by Crippen LogP contribution is 2.59. The fourth-order valence-corrected chi connectivity index (χ4v) is 6.97. The molecule has 0 spiro atoms. The highest BCUT2D eigenvalue weighted by molar-refractivity contribution is 6.08. The summed E-state index contributed by atoms with van der Waals surface area (Å²) in [5.74, 6) is 2.00. The zero-order valence-electron chi connectivity index (χ0n) is 26.2. The van der Waals surface area contributed by atoms with E-state index in [2.05, 4.69) is 6.07 Å². The summed E-state index contributed by atoms with van der Waals surface area (Å²) in [5, 5.41) is 1.76. The van der Waals surface area contributed by atoms with Crippen LogP contribution in [-0.4, -0.2) is 27.0 Å². The Balaban J connectivity index is 1.54. The number of alkyl halides is 3. The van der Waals surface area contributed by atoms with Crippen LogP contribution in [0.3, 0.4) is 0 Å². The van der Waals surface area contributed by atoms with E-state index in [1.54, 1.807) is 21.1 Å². The van der Waals surface area contributed by atoms with Crippen LogP contribution >= 0.6 is 0 Å². The van der Waals surface area contributed by atoms with Crippen LogP contribution in [0.4, 0.5) is 13.2 Å². The van der Waals surface area contributed by atoms with Gasteiger partial charge in [-0.25, -0.2) is 0 Å². The molecule has 1 heterocycles. The maximum atomic E-state index is 13.8. The lowest BCUT2D eigenvalue weighted by atomic mass is 9.80. The summed E-state index contributed by atoms with van der Waals surface area (Å²) < 4.78 is 65.3. The largest absolute Gasteiger partial charge is 0.497 e. The van der Waals surface area contributed by atoms with Gasteiger partial charge in [0.1, 0.15) is 29.5 Å². The summed E-state index contributed by atoms with van der Waals surface area (Å²) >= 11 is 0. The molecule has 0 aromatic heterocycles. The van der Waals surface area contributed by atoms with E-state index in [-0.39, 0.29) is 0 Å². The van der Waals surface area contributed by atoms with E-state index in [1.165, 1.54) is 0 Å². The number of halogens is 3. The Morgan fingerprint density at radius 2 is 1.33 bits per heavy atom. The third kappa shape index (κ3) is 4.64. The molecule has 4 nitrogen and oxygen atoms in total. The van der Waals surface area contributed by atoms with Crippen LogP contribution in [0.25, 0.3) is 28.0 Å². The monoisotopic (exact) mass is 622 g/mol. The third-order valence-corrected chi connectivity index (χ3v) is 9.20. The number of methoxy groups -OCH3 is 2. The van der Waals surface area contributed by atoms with Gasteiger partial charge < -0.3 is 18.9 Å². The van der Waals surface area contributed by atoms with Crippen LogP contribution in [-0.2, 0) is 15.9 Å². The minimum Gasteiger partial charge on any atom is -0.497 e. The SMILES string of the molecule is COc1ccc(C2(c3ccc(OC)cc3)C=Cc3c4c(c5ccc(C)cc5c3O2)-c2ccc(C)cc2C4(C)OCC(F)(F)F)cc1. The van der Waals surface area contributed by atoms with Gasteiger partial charge >= 0.3 is 6.18 Å². The summed E-state index contributed by atoms with van der Waals surface area (Å²) in [4.78, 5) is 0. The van der Waals surface area contributed by atoms with E-state index in [4.69, 9.17) is 18.9 Å². The Morgan fingerprint density at radius 1 is 0.739 bits per heavy atom. The van der Waals surface area contributed by atoms with Crippen LogP contribution in [0.15, 0.2) is 91.0 Å². The van der Waals surface area contributed by atoms with Crippen molar-refractivity contribution in [3.05, 3.63) is 130 Å². The van der Waals surface area contributed by atoms with Crippen LogP contribution in [0.5, 0.6) is 17.2 Å². The Morgan fingerprint density at radius 3 is 1.91 bits per heavy atom. The topological polar surface area (TPSA) is 36.9 Å². The molecule has 7 rings (SSSR count). The second-order valence-corrected chi connectivity index (χ2v) is 12.2. The second kappa shape index (κ2) is 10.7. The van der Waals surface area contributed by atoms with E-state index < -0.39 is 24.0 Å². The number of hydrogen-bond donors (Lipinski definition) is 0. The van der Waals surface area contributed by atoms with E-state index >= 15 is 0 Å². The van der Waals surface area contributed by atoms with Crippen molar-refractivity contribution >= 4 is 16.8 Å². The first-order valence-electron chi connectivity index (χ1n) is 15.1. The van der Waals surface area contributed by atoms with Gasteiger partial charge in [0.25, 0.3) is 0 Å². The van der Waals surface area contributed by atoms with Crippen molar-refractivity contribution in [3.63, 3.8) is 0 Å². The summed E-state index contributed by atoms with van der Waals surface area (Å²) in [6.45, 7) is 4.31. The normalized spacial score (nSPS) is 17.7. The van der Waals surface area contributed by atoms with Gasteiger partial charge in [0.2, 0.25) is 0 Å². The Hall–Kier alpha value is -4.75. The van der Waals surface area contributed by atoms with Crippen LogP contribution in [0.2, 0.25) is 0 Å². The minimum atomic E-state index is -4.51. The quantitative estimate of drug-likeness (QED) is 0.189. The lowest BCUT2D eigenvalue weighted by Crippen LogP contribution is -2.36. The zero-order valence-corrected chi connectivity index (χ0v) is 26.2. The van der Waals surface area contributed by atoms with E-state index in [0.717, 1.165) is 44.2 Å². The Bertz CT molecular complexity index is 1960. The van der Waals surface area contributed by atoms with Crippen molar-refractivity contribution in [1.82, 2.24) is 0 Å². The average Bonchev–Trinajstić information content (AvgIpc) is 3.31. The van der Waals surface area contributed by atoms with Crippen LogP contribution in [0, 0.1) is 13.8 Å². The van der Waals surface area contributed by atoms with Gasteiger partial charge in [-0.15, -0.1) is 0 Å². The molecular formula is C39H33F3O4. The molecular weight excluding hydrogens is 589 g/mol. The third-order valence-electron chi connectivity index (χ3n) is 9.20. The predicted molar refractivity (Wildman–Crippen MR) is 174 cm³/mol.